The first kappa shape index (κ1) is 27.7. The molecule has 9 nitrogen and oxygen atoms in total. The highest BCUT2D eigenvalue weighted by atomic mass is 35.5. The number of alkyl halides is 3. The van der Waals surface area contributed by atoms with Crippen molar-refractivity contribution in [2.45, 2.75) is 6.18 Å². The molecule has 39 heavy (non-hydrogen) atoms. The number of halogens is 4. The van der Waals surface area contributed by atoms with Crippen LogP contribution in [-0.4, -0.2) is 33.4 Å². The summed E-state index contributed by atoms with van der Waals surface area (Å²) in [5, 5.41) is 13.7. The van der Waals surface area contributed by atoms with Crippen molar-refractivity contribution in [3.63, 3.8) is 0 Å². The molecule has 4 rings (SSSR count). The minimum atomic E-state index is -4.78. The summed E-state index contributed by atoms with van der Waals surface area (Å²) in [6, 6.07) is 13.9. The van der Waals surface area contributed by atoms with Crippen LogP contribution in [-0.2, 0) is 15.8 Å². The molecule has 0 radical (unpaired) electrons. The zero-order chi connectivity index (χ0) is 28.3. The number of amides is 3. The van der Waals surface area contributed by atoms with Gasteiger partial charge in [0.05, 0.1) is 15.4 Å². The minimum Gasteiger partial charge on any atom is -0.450 e. The van der Waals surface area contributed by atoms with Crippen LogP contribution in [0, 0.1) is 10.1 Å². The second-order valence-electron chi connectivity index (χ2n) is 7.93. The van der Waals surface area contributed by atoms with E-state index < -0.39 is 51.7 Å². The molecule has 14 heteroatoms. The van der Waals surface area contributed by atoms with Crippen molar-refractivity contribution in [2.75, 3.05) is 11.9 Å². The van der Waals surface area contributed by atoms with Crippen molar-refractivity contribution in [1.82, 2.24) is 4.90 Å². The summed E-state index contributed by atoms with van der Waals surface area (Å²) in [5.41, 5.74) is -1.30. The largest absolute Gasteiger partial charge is 0.450 e. The van der Waals surface area contributed by atoms with E-state index in [1.54, 1.807) is 30.3 Å². The first-order chi connectivity index (χ1) is 18.4. The summed E-state index contributed by atoms with van der Waals surface area (Å²) in [6.45, 7) is -0.522. The number of hydrogen-bond acceptors (Lipinski definition) is 7. The molecule has 3 aromatic rings. The third kappa shape index (κ3) is 6.75. The SMILES string of the molecule is O=C(CN1C(=O)S/C(=C/c2cccc(Oc3ccc(C(F)(F)F)cc3[N+](=O)[O-])c2)C1=O)Nc1ccc(Cl)cc1. The van der Waals surface area contributed by atoms with E-state index in [9.17, 15) is 37.7 Å². The van der Waals surface area contributed by atoms with Gasteiger partial charge in [-0.2, -0.15) is 13.2 Å². The number of hydrogen-bond donors (Lipinski definition) is 1. The van der Waals surface area contributed by atoms with Crippen LogP contribution in [0.4, 0.5) is 29.3 Å². The number of carbonyl (C=O) groups is 3. The van der Waals surface area contributed by atoms with Gasteiger partial charge in [-0.1, -0.05) is 23.7 Å². The fraction of sp³-hybridized carbons (Fsp3) is 0.0800. The molecule has 0 aliphatic carbocycles. The van der Waals surface area contributed by atoms with Crippen molar-refractivity contribution >= 4 is 57.9 Å². The van der Waals surface area contributed by atoms with E-state index in [2.05, 4.69) is 5.32 Å². The van der Waals surface area contributed by atoms with Crippen molar-refractivity contribution in [1.29, 1.82) is 0 Å². The Morgan fingerprint density at radius 3 is 2.49 bits per heavy atom. The number of ether oxygens (including phenoxy) is 1. The molecule has 1 aliphatic rings. The molecule has 0 spiro atoms. The van der Waals surface area contributed by atoms with Gasteiger partial charge in [-0.05, 0) is 71.9 Å². The molecule has 3 aromatic carbocycles. The average molecular weight is 578 g/mol. The maximum Gasteiger partial charge on any atom is 0.416 e. The minimum absolute atomic E-state index is 0.0111. The number of thioether (sulfide) groups is 1. The molecule has 200 valence electrons. The number of nitro benzene ring substituents is 1. The summed E-state index contributed by atoms with van der Waals surface area (Å²) in [7, 11) is 0. The Labute approximate surface area is 227 Å². The Morgan fingerprint density at radius 1 is 1.10 bits per heavy atom. The number of imide groups is 1. The van der Waals surface area contributed by atoms with Gasteiger partial charge < -0.3 is 10.1 Å². The number of nitro groups is 1. The quantitative estimate of drug-likeness (QED) is 0.188. The summed E-state index contributed by atoms with van der Waals surface area (Å²) >= 11 is 6.42. The van der Waals surface area contributed by atoms with Crippen molar-refractivity contribution in [2.24, 2.45) is 0 Å². The van der Waals surface area contributed by atoms with E-state index in [1.807, 2.05) is 0 Å². The van der Waals surface area contributed by atoms with Crippen LogP contribution in [0.25, 0.3) is 6.08 Å². The molecule has 0 aromatic heterocycles. The molecule has 1 saturated heterocycles. The highest BCUT2D eigenvalue weighted by Gasteiger charge is 2.36. The van der Waals surface area contributed by atoms with Gasteiger partial charge in [0.1, 0.15) is 12.3 Å². The van der Waals surface area contributed by atoms with E-state index in [0.717, 1.165) is 11.0 Å². The molecule has 0 atom stereocenters. The standard InChI is InChI=1S/C25H15ClF3N3O6S/c26-16-5-7-17(8-6-16)30-22(33)13-31-23(34)21(39-24(31)35)11-14-2-1-3-18(10-14)38-20-9-4-15(25(27,28)29)12-19(20)32(36)37/h1-12H,13H2,(H,30,33)/b21-11+. The van der Waals surface area contributed by atoms with E-state index in [-0.39, 0.29) is 10.7 Å². The summed E-state index contributed by atoms with van der Waals surface area (Å²) < 4.78 is 44.3. The van der Waals surface area contributed by atoms with Crippen LogP contribution in [0.3, 0.4) is 0 Å². The third-order valence-electron chi connectivity index (χ3n) is 5.17. The lowest BCUT2D eigenvalue weighted by Gasteiger charge is -2.12. The number of rotatable bonds is 7. The monoisotopic (exact) mass is 577 g/mol. The van der Waals surface area contributed by atoms with Crippen molar-refractivity contribution < 1.29 is 37.2 Å². The maximum atomic E-state index is 13.0. The molecular formula is C25H15ClF3N3O6S. The van der Waals surface area contributed by atoms with Crippen LogP contribution < -0.4 is 10.1 Å². The highest BCUT2D eigenvalue weighted by Crippen LogP contribution is 2.38. The summed E-state index contributed by atoms with van der Waals surface area (Å²) in [6.07, 6.45) is -3.42. The van der Waals surface area contributed by atoms with Gasteiger partial charge in [-0.25, -0.2) is 0 Å². The zero-order valence-electron chi connectivity index (χ0n) is 19.4. The number of nitrogens with one attached hydrogen (secondary N) is 1. The number of nitrogens with zero attached hydrogens (tertiary/aromatic N) is 2. The number of benzene rings is 3. The lowest BCUT2D eigenvalue weighted by atomic mass is 10.1. The Morgan fingerprint density at radius 2 is 1.82 bits per heavy atom. The van der Waals surface area contributed by atoms with Crippen LogP contribution in [0.15, 0.2) is 71.6 Å². The molecule has 1 N–H and O–H groups in total. The molecule has 1 aliphatic heterocycles. The Hall–Kier alpha value is -4.36. The lowest BCUT2D eigenvalue weighted by molar-refractivity contribution is -0.385. The molecular weight excluding hydrogens is 563 g/mol. The average Bonchev–Trinajstić information content (AvgIpc) is 3.12. The lowest BCUT2D eigenvalue weighted by Crippen LogP contribution is -2.36. The highest BCUT2D eigenvalue weighted by molar-refractivity contribution is 8.18. The fourth-order valence-corrected chi connectivity index (χ4v) is 4.35. The van der Waals surface area contributed by atoms with Gasteiger partial charge in [0.2, 0.25) is 11.7 Å². The molecule has 0 unspecified atom stereocenters. The summed E-state index contributed by atoms with van der Waals surface area (Å²) in [5.74, 6) is -1.69. The second-order valence-corrected chi connectivity index (χ2v) is 9.36. The van der Waals surface area contributed by atoms with E-state index in [4.69, 9.17) is 16.3 Å². The first-order valence-electron chi connectivity index (χ1n) is 10.8. The van der Waals surface area contributed by atoms with Crippen LogP contribution >= 0.6 is 23.4 Å². The van der Waals surface area contributed by atoms with E-state index in [0.29, 0.717) is 40.2 Å². The smallest absolute Gasteiger partial charge is 0.416 e. The Balaban J connectivity index is 1.48. The van der Waals surface area contributed by atoms with Crippen LogP contribution in [0.2, 0.25) is 5.02 Å². The van der Waals surface area contributed by atoms with Gasteiger partial charge in [0.25, 0.3) is 11.1 Å². The van der Waals surface area contributed by atoms with E-state index in [1.165, 1.54) is 24.3 Å². The fourth-order valence-electron chi connectivity index (χ4n) is 3.38. The van der Waals surface area contributed by atoms with E-state index >= 15 is 0 Å². The van der Waals surface area contributed by atoms with Gasteiger partial charge in [-0.15, -0.1) is 0 Å². The van der Waals surface area contributed by atoms with Gasteiger partial charge >= 0.3 is 11.9 Å². The topological polar surface area (TPSA) is 119 Å². The maximum absolute atomic E-state index is 13.0. The summed E-state index contributed by atoms with van der Waals surface area (Å²) in [4.78, 5) is 48.6. The molecule has 0 bridgehead atoms. The van der Waals surface area contributed by atoms with Crippen molar-refractivity contribution in [3.05, 3.63) is 97.9 Å². The zero-order valence-corrected chi connectivity index (χ0v) is 21.0. The molecule has 1 fully saturated rings. The van der Waals surface area contributed by atoms with Gasteiger partial charge in [0.15, 0.2) is 0 Å². The molecule has 3 amide bonds. The molecule has 1 heterocycles. The van der Waals surface area contributed by atoms with Crippen LogP contribution in [0.5, 0.6) is 11.5 Å². The number of carbonyl (C=O) groups excluding carboxylic acids is 3. The predicted octanol–water partition coefficient (Wildman–Crippen LogP) is 6.73. The predicted molar refractivity (Wildman–Crippen MR) is 137 cm³/mol. The third-order valence-corrected chi connectivity index (χ3v) is 6.33. The van der Waals surface area contributed by atoms with Crippen LogP contribution in [0.1, 0.15) is 11.1 Å². The first-order valence-corrected chi connectivity index (χ1v) is 12.0. The Kier molecular flexibility index (Phi) is 7.93. The van der Waals surface area contributed by atoms with Gasteiger partial charge in [0, 0.05) is 16.8 Å². The van der Waals surface area contributed by atoms with Crippen molar-refractivity contribution in [3.8, 4) is 11.5 Å². The van der Waals surface area contributed by atoms with Gasteiger partial charge in [-0.3, -0.25) is 29.4 Å². The Bertz CT molecular complexity index is 1510. The molecule has 0 saturated carbocycles. The normalized spacial score (nSPS) is 14.6. The number of anilines is 1. The second kappa shape index (κ2) is 11.2.